The van der Waals surface area contributed by atoms with Gasteiger partial charge >= 0.3 is 0 Å². The number of likely N-dealkylation sites (tertiary alicyclic amines) is 1. The molecular weight excluding hydrogens is 478 g/mol. The zero-order valence-electron chi connectivity index (χ0n) is 22.5. The lowest BCUT2D eigenvalue weighted by Crippen LogP contribution is -2.41. The summed E-state index contributed by atoms with van der Waals surface area (Å²) < 4.78 is 9.45. The van der Waals surface area contributed by atoms with Crippen LogP contribution >= 0.6 is 0 Å². The minimum Gasteiger partial charge on any atom is -0.390 e. The molecule has 2 aliphatic heterocycles. The third-order valence-corrected chi connectivity index (χ3v) is 7.89. The second-order valence-electron chi connectivity index (χ2n) is 11.2. The van der Waals surface area contributed by atoms with Gasteiger partial charge in [0.1, 0.15) is 5.82 Å². The first kappa shape index (κ1) is 25.0. The highest BCUT2D eigenvalue weighted by molar-refractivity contribution is 5.60. The summed E-state index contributed by atoms with van der Waals surface area (Å²) in [6.07, 6.45) is 3.98. The molecule has 2 aliphatic rings. The van der Waals surface area contributed by atoms with Gasteiger partial charge in [-0.2, -0.15) is 14.7 Å². The summed E-state index contributed by atoms with van der Waals surface area (Å²) in [6.45, 7) is 11.7. The van der Waals surface area contributed by atoms with E-state index in [4.69, 9.17) is 19.9 Å². The molecule has 0 spiro atoms. The number of ether oxygens (including phenoxy) is 1. The van der Waals surface area contributed by atoms with Gasteiger partial charge in [-0.3, -0.25) is 4.90 Å². The number of hydrogen-bond donors (Lipinski definition) is 1. The van der Waals surface area contributed by atoms with Crippen molar-refractivity contribution in [3.8, 4) is 17.1 Å². The molecule has 1 aromatic carbocycles. The second kappa shape index (κ2) is 10.1. The van der Waals surface area contributed by atoms with Crippen molar-refractivity contribution in [2.45, 2.75) is 45.8 Å². The van der Waals surface area contributed by atoms with E-state index in [2.05, 4.69) is 53.1 Å². The number of morpholine rings is 1. The molecule has 5 heterocycles. The zero-order chi connectivity index (χ0) is 26.3. The van der Waals surface area contributed by atoms with Gasteiger partial charge in [0.15, 0.2) is 11.5 Å². The van der Waals surface area contributed by atoms with Crippen molar-refractivity contribution in [3.05, 3.63) is 59.9 Å². The fraction of sp³-hybridized carbons (Fsp3) is 0.483. The molecule has 0 bridgehead atoms. The van der Waals surface area contributed by atoms with Gasteiger partial charge in [-0.25, -0.2) is 9.67 Å². The van der Waals surface area contributed by atoms with Gasteiger partial charge in [-0.05, 0) is 64.8 Å². The van der Waals surface area contributed by atoms with Crippen molar-refractivity contribution < 1.29 is 9.84 Å². The molecule has 0 radical (unpaired) electrons. The maximum atomic E-state index is 10.4. The van der Waals surface area contributed by atoms with Gasteiger partial charge < -0.3 is 14.7 Å². The first-order valence-electron chi connectivity index (χ1n) is 13.6. The van der Waals surface area contributed by atoms with Crippen LogP contribution in [0.2, 0.25) is 0 Å². The summed E-state index contributed by atoms with van der Waals surface area (Å²) in [5.74, 6) is 2.12. The van der Waals surface area contributed by atoms with E-state index in [-0.39, 0.29) is 0 Å². The Morgan fingerprint density at radius 2 is 1.79 bits per heavy atom. The fourth-order valence-electron chi connectivity index (χ4n) is 5.64. The number of nitrogens with zero attached hydrogens (tertiary/aromatic N) is 7. The summed E-state index contributed by atoms with van der Waals surface area (Å²) in [5, 5.41) is 20.3. The summed E-state index contributed by atoms with van der Waals surface area (Å²) in [7, 11) is 0. The number of anilines is 1. The smallest absolute Gasteiger partial charge is 0.160 e. The minimum absolute atomic E-state index is 0.343. The molecule has 3 aromatic heterocycles. The van der Waals surface area contributed by atoms with Crippen LogP contribution < -0.4 is 4.90 Å². The quantitative estimate of drug-likeness (QED) is 0.419. The Balaban J connectivity index is 1.30. The highest BCUT2D eigenvalue weighted by Gasteiger charge is 2.30. The molecule has 0 atom stereocenters. The molecule has 0 unspecified atom stereocenters. The van der Waals surface area contributed by atoms with Crippen molar-refractivity contribution in [1.29, 1.82) is 0 Å². The molecule has 1 N–H and O–H groups in total. The lowest BCUT2D eigenvalue weighted by Gasteiger charge is -2.37. The predicted octanol–water partition coefficient (Wildman–Crippen LogP) is 3.71. The lowest BCUT2D eigenvalue weighted by atomic mass is 9.83. The van der Waals surface area contributed by atoms with E-state index < -0.39 is 5.60 Å². The van der Waals surface area contributed by atoms with Crippen molar-refractivity contribution in [3.63, 3.8) is 0 Å². The van der Waals surface area contributed by atoms with Gasteiger partial charge in [-0.1, -0.05) is 23.8 Å². The van der Waals surface area contributed by atoms with Gasteiger partial charge in [0.05, 0.1) is 30.2 Å². The third kappa shape index (κ3) is 5.18. The van der Waals surface area contributed by atoms with Gasteiger partial charge in [-0.15, -0.1) is 0 Å². The molecule has 0 aliphatic carbocycles. The van der Waals surface area contributed by atoms with Crippen molar-refractivity contribution >= 4 is 11.5 Å². The number of aliphatic hydroxyl groups is 1. The molecule has 9 nitrogen and oxygen atoms in total. The Hall–Kier alpha value is -3.27. The predicted molar refractivity (Wildman–Crippen MR) is 148 cm³/mol. The molecular formula is C29H37N7O2. The van der Waals surface area contributed by atoms with E-state index in [1.54, 1.807) is 0 Å². The normalized spacial score (nSPS) is 17.9. The van der Waals surface area contributed by atoms with Gasteiger partial charge in [0.25, 0.3) is 0 Å². The van der Waals surface area contributed by atoms with Crippen LogP contribution in [0.5, 0.6) is 0 Å². The fourth-order valence-corrected chi connectivity index (χ4v) is 5.64. The lowest BCUT2D eigenvalue weighted by molar-refractivity contribution is -0.0137. The van der Waals surface area contributed by atoms with Crippen LogP contribution in [0.3, 0.4) is 0 Å². The number of benzene rings is 1. The van der Waals surface area contributed by atoms with Crippen LogP contribution in [0.25, 0.3) is 22.7 Å². The highest BCUT2D eigenvalue weighted by atomic mass is 16.5. The molecule has 200 valence electrons. The SMILES string of the molecule is Cc1cccc(-c2ccn(-c3cc(N4CCOCC4)n4nc(CN5CCC(C(C)(C)O)CC5)cc4n3)n2)c1. The van der Waals surface area contributed by atoms with E-state index in [1.807, 2.05) is 35.3 Å². The number of piperidine rings is 1. The maximum absolute atomic E-state index is 10.4. The third-order valence-electron chi connectivity index (χ3n) is 7.89. The topological polar surface area (TPSA) is 84.0 Å². The van der Waals surface area contributed by atoms with E-state index >= 15 is 0 Å². The number of aromatic nitrogens is 5. The number of rotatable bonds is 6. The Morgan fingerprint density at radius 1 is 1.00 bits per heavy atom. The zero-order valence-corrected chi connectivity index (χ0v) is 22.5. The summed E-state index contributed by atoms with van der Waals surface area (Å²) in [5.41, 5.74) is 4.44. The first-order chi connectivity index (χ1) is 18.3. The van der Waals surface area contributed by atoms with E-state index in [0.717, 1.165) is 79.8 Å². The van der Waals surface area contributed by atoms with Crippen LogP contribution in [0.1, 0.15) is 37.9 Å². The van der Waals surface area contributed by atoms with E-state index in [1.165, 1.54) is 5.56 Å². The summed E-state index contributed by atoms with van der Waals surface area (Å²) >= 11 is 0. The van der Waals surface area contributed by atoms with Crippen LogP contribution in [0, 0.1) is 12.8 Å². The Labute approximate surface area is 223 Å². The Kier molecular flexibility index (Phi) is 6.67. The Morgan fingerprint density at radius 3 is 2.53 bits per heavy atom. The Bertz CT molecular complexity index is 1410. The molecule has 4 aromatic rings. The molecule has 9 heteroatoms. The van der Waals surface area contributed by atoms with Crippen LogP contribution in [-0.2, 0) is 11.3 Å². The van der Waals surface area contributed by atoms with Gasteiger partial charge in [0.2, 0.25) is 0 Å². The average Bonchev–Trinajstić information content (AvgIpc) is 3.56. The number of fused-ring (bicyclic) bond motifs is 1. The minimum atomic E-state index is -0.617. The van der Waals surface area contributed by atoms with Crippen LogP contribution in [0.15, 0.2) is 48.7 Å². The summed E-state index contributed by atoms with van der Waals surface area (Å²) in [4.78, 5) is 9.72. The highest BCUT2D eigenvalue weighted by Crippen LogP contribution is 2.29. The molecule has 2 saturated heterocycles. The molecule has 38 heavy (non-hydrogen) atoms. The number of hydrogen-bond acceptors (Lipinski definition) is 7. The maximum Gasteiger partial charge on any atom is 0.160 e. The average molecular weight is 516 g/mol. The van der Waals surface area contributed by atoms with Crippen molar-refractivity contribution in [2.24, 2.45) is 5.92 Å². The largest absolute Gasteiger partial charge is 0.390 e. The van der Waals surface area contributed by atoms with Crippen LogP contribution in [0.4, 0.5) is 5.82 Å². The molecule has 6 rings (SSSR count). The van der Waals surface area contributed by atoms with Crippen molar-refractivity contribution in [1.82, 2.24) is 29.3 Å². The van der Waals surface area contributed by atoms with Crippen molar-refractivity contribution in [2.75, 3.05) is 44.3 Å². The van der Waals surface area contributed by atoms with E-state index in [9.17, 15) is 5.11 Å². The molecule has 0 amide bonds. The molecule has 0 saturated carbocycles. The second-order valence-corrected chi connectivity index (χ2v) is 11.2. The summed E-state index contributed by atoms with van der Waals surface area (Å²) in [6, 6.07) is 14.6. The molecule has 2 fully saturated rings. The van der Waals surface area contributed by atoms with E-state index in [0.29, 0.717) is 19.1 Å². The number of aryl methyl sites for hydroxylation is 1. The first-order valence-corrected chi connectivity index (χ1v) is 13.6. The van der Waals surface area contributed by atoms with Crippen LogP contribution in [-0.4, -0.2) is 79.4 Å². The standard InChI is InChI=1S/C29H37N7O2/c1-21-5-4-6-22(17-21)25-9-12-35(32-25)26-19-28(34-13-15-38-16-14-34)36-27(30-26)18-24(31-36)20-33-10-7-23(8-11-33)29(2,3)37/h4-6,9,12,17-19,23,37H,7-8,10-11,13-16,20H2,1-3H3. The van der Waals surface area contributed by atoms with Gasteiger partial charge in [0, 0.05) is 43.5 Å². The monoisotopic (exact) mass is 515 g/mol.